The summed E-state index contributed by atoms with van der Waals surface area (Å²) in [6.45, 7) is 2.66. The van der Waals surface area contributed by atoms with Crippen LogP contribution in [-0.2, 0) is 11.3 Å². The highest BCUT2D eigenvalue weighted by Gasteiger charge is 2.22. The van der Waals surface area contributed by atoms with Crippen molar-refractivity contribution in [3.05, 3.63) is 24.3 Å². The van der Waals surface area contributed by atoms with Gasteiger partial charge in [-0.2, -0.15) is 4.98 Å². The van der Waals surface area contributed by atoms with E-state index in [9.17, 15) is 0 Å². The summed E-state index contributed by atoms with van der Waals surface area (Å²) in [6.07, 6.45) is 3.52. The first kappa shape index (κ1) is 12.5. The molecule has 19 heavy (non-hydrogen) atoms. The van der Waals surface area contributed by atoms with Crippen molar-refractivity contribution in [3.63, 3.8) is 0 Å². The summed E-state index contributed by atoms with van der Waals surface area (Å²) in [7, 11) is 1.76. The Balaban J connectivity index is 1.69. The largest absolute Gasteiger partial charge is 0.464 e. The molecule has 4 nitrogen and oxygen atoms in total. The van der Waals surface area contributed by atoms with Gasteiger partial charge in [0, 0.05) is 26.2 Å². The summed E-state index contributed by atoms with van der Waals surface area (Å²) in [6, 6.07) is 9.00. The van der Waals surface area contributed by atoms with E-state index in [4.69, 9.17) is 9.47 Å². The van der Waals surface area contributed by atoms with E-state index < -0.39 is 0 Å². The topological polar surface area (TPSA) is 36.3 Å². The zero-order valence-corrected chi connectivity index (χ0v) is 11.3. The molecule has 1 aromatic heterocycles. The first-order chi connectivity index (χ1) is 9.38. The standard InChI is InChI=1S/C15H20N2O2/c1-18-9-5-4-6-12-10-17-14-8-3-2-7-13(14)16-15(17)19-11-12/h2-3,7-8,12H,4-6,9-11H2,1H3. The summed E-state index contributed by atoms with van der Waals surface area (Å²) in [5, 5.41) is 0. The van der Waals surface area contributed by atoms with Crippen molar-refractivity contribution in [2.24, 2.45) is 5.92 Å². The molecule has 0 N–H and O–H groups in total. The molecule has 0 fully saturated rings. The molecule has 102 valence electrons. The number of para-hydroxylation sites is 2. The molecule has 2 aromatic rings. The maximum atomic E-state index is 5.80. The summed E-state index contributed by atoms with van der Waals surface area (Å²) in [4.78, 5) is 4.52. The van der Waals surface area contributed by atoms with Gasteiger partial charge in [-0.25, -0.2) is 0 Å². The average Bonchev–Trinajstić information content (AvgIpc) is 2.82. The van der Waals surface area contributed by atoms with Gasteiger partial charge in [-0.05, 0) is 25.0 Å². The molecular weight excluding hydrogens is 240 g/mol. The molecule has 0 aliphatic carbocycles. The van der Waals surface area contributed by atoms with E-state index in [0.717, 1.165) is 37.7 Å². The number of nitrogens with zero attached hydrogens (tertiary/aromatic N) is 2. The molecule has 0 spiro atoms. The Labute approximate surface area is 113 Å². The van der Waals surface area contributed by atoms with Gasteiger partial charge in [-0.15, -0.1) is 0 Å². The van der Waals surface area contributed by atoms with Crippen LogP contribution < -0.4 is 4.74 Å². The van der Waals surface area contributed by atoms with Gasteiger partial charge < -0.3 is 9.47 Å². The van der Waals surface area contributed by atoms with Gasteiger partial charge in [-0.3, -0.25) is 4.57 Å². The van der Waals surface area contributed by atoms with Crippen LogP contribution in [0.5, 0.6) is 6.01 Å². The first-order valence-corrected chi connectivity index (χ1v) is 6.95. The van der Waals surface area contributed by atoms with E-state index in [0.29, 0.717) is 5.92 Å². The second kappa shape index (κ2) is 5.61. The van der Waals surface area contributed by atoms with Gasteiger partial charge in [-0.1, -0.05) is 18.6 Å². The monoisotopic (exact) mass is 260 g/mol. The summed E-state index contributed by atoms with van der Waals surface area (Å²) >= 11 is 0. The van der Waals surface area contributed by atoms with E-state index in [1.807, 2.05) is 12.1 Å². The predicted octanol–water partition coefficient (Wildman–Crippen LogP) is 2.86. The van der Waals surface area contributed by atoms with Crippen LogP contribution in [0.15, 0.2) is 24.3 Å². The predicted molar refractivity (Wildman–Crippen MR) is 74.4 cm³/mol. The lowest BCUT2D eigenvalue weighted by molar-refractivity contribution is 0.152. The third-order valence-electron chi connectivity index (χ3n) is 3.72. The normalized spacial score (nSPS) is 18.3. The average molecular weight is 260 g/mol. The van der Waals surface area contributed by atoms with E-state index in [1.165, 1.54) is 18.4 Å². The smallest absolute Gasteiger partial charge is 0.297 e. The number of methoxy groups -OCH3 is 1. The Hall–Kier alpha value is -1.55. The molecule has 0 saturated carbocycles. The third kappa shape index (κ3) is 2.59. The van der Waals surface area contributed by atoms with Crippen LogP contribution >= 0.6 is 0 Å². The number of benzene rings is 1. The lowest BCUT2D eigenvalue weighted by Crippen LogP contribution is -2.25. The molecule has 1 aliphatic rings. The van der Waals surface area contributed by atoms with Crippen LogP contribution in [0, 0.1) is 5.92 Å². The molecule has 4 heteroatoms. The van der Waals surface area contributed by atoms with E-state index >= 15 is 0 Å². The van der Waals surface area contributed by atoms with Crippen LogP contribution in [0.25, 0.3) is 11.0 Å². The number of fused-ring (bicyclic) bond motifs is 3. The number of ether oxygens (including phenoxy) is 2. The van der Waals surface area contributed by atoms with Crippen molar-refractivity contribution < 1.29 is 9.47 Å². The fourth-order valence-corrected chi connectivity index (χ4v) is 2.70. The molecule has 1 aromatic carbocycles. The Morgan fingerprint density at radius 3 is 3.16 bits per heavy atom. The molecule has 0 amide bonds. The Bertz CT molecular complexity index is 550. The van der Waals surface area contributed by atoms with Crippen molar-refractivity contribution >= 4 is 11.0 Å². The van der Waals surface area contributed by atoms with Gasteiger partial charge in [0.1, 0.15) is 0 Å². The van der Waals surface area contributed by atoms with Gasteiger partial charge in [0.05, 0.1) is 17.6 Å². The molecule has 1 atom stereocenters. The minimum absolute atomic E-state index is 0.585. The molecular formula is C15H20N2O2. The molecule has 3 rings (SSSR count). The third-order valence-corrected chi connectivity index (χ3v) is 3.72. The zero-order chi connectivity index (χ0) is 13.1. The number of hydrogen-bond acceptors (Lipinski definition) is 3. The van der Waals surface area contributed by atoms with Crippen LogP contribution in [0.3, 0.4) is 0 Å². The number of unbranched alkanes of at least 4 members (excludes halogenated alkanes) is 1. The highest BCUT2D eigenvalue weighted by Crippen LogP contribution is 2.28. The summed E-state index contributed by atoms with van der Waals surface area (Å²) in [5.41, 5.74) is 2.21. The Morgan fingerprint density at radius 2 is 2.26 bits per heavy atom. The number of imidazole rings is 1. The maximum Gasteiger partial charge on any atom is 0.297 e. The summed E-state index contributed by atoms with van der Waals surface area (Å²) < 4.78 is 13.1. The Morgan fingerprint density at radius 1 is 1.37 bits per heavy atom. The molecule has 0 saturated heterocycles. The van der Waals surface area contributed by atoms with Crippen molar-refractivity contribution in [2.45, 2.75) is 25.8 Å². The van der Waals surface area contributed by atoms with Crippen LogP contribution in [0.1, 0.15) is 19.3 Å². The second-order valence-electron chi connectivity index (χ2n) is 5.16. The van der Waals surface area contributed by atoms with Crippen molar-refractivity contribution in [1.29, 1.82) is 0 Å². The first-order valence-electron chi connectivity index (χ1n) is 6.95. The van der Waals surface area contributed by atoms with Crippen LogP contribution in [-0.4, -0.2) is 29.9 Å². The SMILES string of the molecule is COCCCCC1COc2nc3ccccc3n2C1. The second-order valence-corrected chi connectivity index (χ2v) is 5.16. The van der Waals surface area contributed by atoms with Gasteiger partial charge in [0.15, 0.2) is 0 Å². The fourth-order valence-electron chi connectivity index (χ4n) is 2.70. The molecule has 0 radical (unpaired) electrons. The zero-order valence-electron chi connectivity index (χ0n) is 11.3. The molecule has 0 bridgehead atoms. The van der Waals surface area contributed by atoms with Gasteiger partial charge in [0.25, 0.3) is 6.01 Å². The lowest BCUT2D eigenvalue weighted by Gasteiger charge is -2.24. The van der Waals surface area contributed by atoms with Gasteiger partial charge in [0.2, 0.25) is 0 Å². The number of hydrogen-bond donors (Lipinski definition) is 0. The minimum atomic E-state index is 0.585. The molecule has 1 unspecified atom stereocenters. The van der Waals surface area contributed by atoms with Crippen molar-refractivity contribution in [1.82, 2.24) is 9.55 Å². The van der Waals surface area contributed by atoms with Crippen LogP contribution in [0.4, 0.5) is 0 Å². The lowest BCUT2D eigenvalue weighted by atomic mass is 10.0. The van der Waals surface area contributed by atoms with Crippen molar-refractivity contribution in [3.8, 4) is 6.01 Å². The van der Waals surface area contributed by atoms with E-state index in [1.54, 1.807) is 7.11 Å². The molecule has 2 heterocycles. The number of aromatic nitrogens is 2. The van der Waals surface area contributed by atoms with Crippen molar-refractivity contribution in [2.75, 3.05) is 20.3 Å². The maximum absolute atomic E-state index is 5.80. The van der Waals surface area contributed by atoms with E-state index in [2.05, 4.69) is 21.7 Å². The minimum Gasteiger partial charge on any atom is -0.464 e. The fraction of sp³-hybridized carbons (Fsp3) is 0.533. The number of rotatable bonds is 5. The quantitative estimate of drug-likeness (QED) is 0.776. The molecule has 1 aliphatic heterocycles. The highest BCUT2D eigenvalue weighted by molar-refractivity contribution is 5.76. The van der Waals surface area contributed by atoms with Gasteiger partial charge >= 0.3 is 0 Å². The Kier molecular flexibility index (Phi) is 3.69. The highest BCUT2D eigenvalue weighted by atomic mass is 16.5. The van der Waals surface area contributed by atoms with E-state index in [-0.39, 0.29) is 0 Å². The summed E-state index contributed by atoms with van der Waals surface area (Å²) in [5.74, 6) is 0.585. The van der Waals surface area contributed by atoms with Crippen LogP contribution in [0.2, 0.25) is 0 Å².